The van der Waals surface area contributed by atoms with Gasteiger partial charge in [0.1, 0.15) is 12.3 Å². The molecule has 2 aromatic rings. The standard InChI is InChI=1S/C14H15F4N5O3/c15-6-10(25)26-7-8-5-9(24)23-13(20-8)11(12(21-23)14(16,17)18)22-3-1-19-2-4-22/h5,19-20H,1-4,6-7H2. The highest BCUT2D eigenvalue weighted by atomic mass is 19.4. The number of hydrogen-bond donors (Lipinski definition) is 2. The van der Waals surface area contributed by atoms with Gasteiger partial charge >= 0.3 is 12.1 Å². The number of ether oxygens (including phenoxy) is 1. The minimum Gasteiger partial charge on any atom is -0.457 e. The number of carbonyl (C=O) groups is 1. The Labute approximate surface area is 143 Å². The lowest BCUT2D eigenvalue weighted by Gasteiger charge is -2.29. The van der Waals surface area contributed by atoms with Gasteiger partial charge in [-0.2, -0.15) is 22.8 Å². The SMILES string of the molecule is O=C(CF)OCc1cc(=O)n2nc(C(F)(F)F)c(N3CCNCC3)c2[nH]1. The zero-order chi connectivity index (χ0) is 18.9. The van der Waals surface area contributed by atoms with E-state index in [-0.39, 0.29) is 17.0 Å². The molecule has 0 aliphatic carbocycles. The Hall–Kier alpha value is -2.63. The van der Waals surface area contributed by atoms with Gasteiger partial charge in [-0.1, -0.05) is 0 Å². The Bertz CT molecular complexity index is 870. The molecule has 1 fully saturated rings. The minimum atomic E-state index is -4.76. The third-order valence-electron chi connectivity index (χ3n) is 3.85. The molecule has 0 bridgehead atoms. The Morgan fingerprint density at radius 3 is 2.62 bits per heavy atom. The van der Waals surface area contributed by atoms with E-state index < -0.39 is 36.7 Å². The molecule has 142 valence electrons. The Kier molecular flexibility index (Phi) is 4.85. The second-order valence-corrected chi connectivity index (χ2v) is 5.62. The lowest BCUT2D eigenvalue weighted by atomic mass is 10.2. The van der Waals surface area contributed by atoms with E-state index in [1.165, 1.54) is 4.90 Å². The van der Waals surface area contributed by atoms with E-state index in [1.54, 1.807) is 0 Å². The van der Waals surface area contributed by atoms with Crippen molar-refractivity contribution in [3.8, 4) is 0 Å². The number of fused-ring (bicyclic) bond motifs is 1. The molecule has 0 unspecified atom stereocenters. The van der Waals surface area contributed by atoms with E-state index >= 15 is 0 Å². The van der Waals surface area contributed by atoms with Crippen LogP contribution in [0.25, 0.3) is 5.65 Å². The molecule has 2 aromatic heterocycles. The summed E-state index contributed by atoms with van der Waals surface area (Å²) in [6, 6.07) is 0.952. The smallest absolute Gasteiger partial charge is 0.437 e. The summed E-state index contributed by atoms with van der Waals surface area (Å²) < 4.78 is 57.7. The highest BCUT2D eigenvalue weighted by Gasteiger charge is 2.40. The van der Waals surface area contributed by atoms with E-state index in [1.807, 2.05) is 0 Å². The van der Waals surface area contributed by atoms with Crippen LogP contribution in [0.5, 0.6) is 0 Å². The molecule has 3 heterocycles. The van der Waals surface area contributed by atoms with Gasteiger partial charge in [0.2, 0.25) is 0 Å². The Morgan fingerprint density at radius 2 is 2.00 bits per heavy atom. The molecule has 12 heteroatoms. The number of esters is 1. The second kappa shape index (κ2) is 6.94. The van der Waals surface area contributed by atoms with Crippen LogP contribution in [-0.2, 0) is 22.3 Å². The first-order chi connectivity index (χ1) is 12.3. The van der Waals surface area contributed by atoms with Crippen molar-refractivity contribution < 1.29 is 27.1 Å². The largest absolute Gasteiger partial charge is 0.457 e. The van der Waals surface area contributed by atoms with Gasteiger partial charge in [0, 0.05) is 32.2 Å². The van der Waals surface area contributed by atoms with Crippen molar-refractivity contribution in [2.75, 3.05) is 37.8 Å². The van der Waals surface area contributed by atoms with Crippen LogP contribution in [0.4, 0.5) is 23.2 Å². The van der Waals surface area contributed by atoms with Crippen LogP contribution in [0.15, 0.2) is 10.9 Å². The molecule has 8 nitrogen and oxygen atoms in total. The number of aromatic nitrogens is 3. The number of carbonyl (C=O) groups excluding carboxylic acids is 1. The maximum Gasteiger partial charge on any atom is 0.437 e. The molecule has 26 heavy (non-hydrogen) atoms. The number of nitrogens with one attached hydrogen (secondary N) is 2. The summed E-state index contributed by atoms with van der Waals surface area (Å²) in [5, 5.41) is 6.46. The van der Waals surface area contributed by atoms with Gasteiger partial charge in [-0.3, -0.25) is 4.79 Å². The maximum absolute atomic E-state index is 13.4. The molecular formula is C14H15F4N5O3. The summed E-state index contributed by atoms with van der Waals surface area (Å²) in [6.45, 7) is -0.258. The van der Waals surface area contributed by atoms with Gasteiger partial charge in [-0.15, -0.1) is 0 Å². The van der Waals surface area contributed by atoms with Crippen molar-refractivity contribution in [3.63, 3.8) is 0 Å². The first kappa shape index (κ1) is 18.2. The van der Waals surface area contributed by atoms with Crippen molar-refractivity contribution in [1.82, 2.24) is 19.9 Å². The fourth-order valence-electron chi connectivity index (χ4n) is 2.73. The molecule has 0 spiro atoms. The van der Waals surface area contributed by atoms with Crippen LogP contribution < -0.4 is 15.8 Å². The van der Waals surface area contributed by atoms with Crippen molar-refractivity contribution in [2.24, 2.45) is 0 Å². The monoisotopic (exact) mass is 377 g/mol. The molecule has 0 radical (unpaired) electrons. The van der Waals surface area contributed by atoms with Crippen LogP contribution >= 0.6 is 0 Å². The normalized spacial score (nSPS) is 15.5. The average Bonchev–Trinajstić information content (AvgIpc) is 3.01. The highest BCUT2D eigenvalue weighted by Crippen LogP contribution is 2.37. The maximum atomic E-state index is 13.4. The van der Waals surface area contributed by atoms with Crippen LogP contribution in [0.2, 0.25) is 0 Å². The van der Waals surface area contributed by atoms with Gasteiger partial charge in [-0.25, -0.2) is 9.18 Å². The predicted octanol–water partition coefficient (Wildman–Crippen LogP) is 0.464. The lowest BCUT2D eigenvalue weighted by Crippen LogP contribution is -2.44. The number of nitrogens with zero attached hydrogens (tertiary/aromatic N) is 3. The highest BCUT2D eigenvalue weighted by molar-refractivity contribution is 5.73. The summed E-state index contributed by atoms with van der Waals surface area (Å²) >= 11 is 0. The predicted molar refractivity (Wildman–Crippen MR) is 81.7 cm³/mol. The van der Waals surface area contributed by atoms with Crippen molar-refractivity contribution in [2.45, 2.75) is 12.8 Å². The first-order valence-corrected chi connectivity index (χ1v) is 7.70. The third kappa shape index (κ3) is 3.49. The van der Waals surface area contributed by atoms with Gasteiger partial charge in [0.15, 0.2) is 18.0 Å². The van der Waals surface area contributed by atoms with E-state index in [0.29, 0.717) is 30.7 Å². The van der Waals surface area contributed by atoms with E-state index in [2.05, 4.69) is 20.1 Å². The van der Waals surface area contributed by atoms with Crippen LogP contribution in [0, 0.1) is 0 Å². The zero-order valence-electron chi connectivity index (χ0n) is 13.4. The summed E-state index contributed by atoms with van der Waals surface area (Å²) in [7, 11) is 0. The molecule has 2 N–H and O–H groups in total. The van der Waals surface area contributed by atoms with Crippen molar-refractivity contribution in [1.29, 1.82) is 0 Å². The number of hydrogen-bond acceptors (Lipinski definition) is 6. The second-order valence-electron chi connectivity index (χ2n) is 5.62. The van der Waals surface area contributed by atoms with Crippen molar-refractivity contribution in [3.05, 3.63) is 27.8 Å². The van der Waals surface area contributed by atoms with Crippen molar-refractivity contribution >= 4 is 17.3 Å². The molecule has 1 saturated heterocycles. The number of halogens is 4. The summed E-state index contributed by atoms with van der Waals surface area (Å²) in [5.74, 6) is -1.14. The fourth-order valence-corrected chi connectivity index (χ4v) is 2.73. The molecule has 0 saturated carbocycles. The van der Waals surface area contributed by atoms with E-state index in [9.17, 15) is 27.2 Å². The quantitative estimate of drug-likeness (QED) is 0.594. The zero-order valence-corrected chi connectivity index (χ0v) is 13.4. The fraction of sp³-hybridized carbons (Fsp3) is 0.500. The van der Waals surface area contributed by atoms with Gasteiger partial charge in [-0.05, 0) is 0 Å². The topological polar surface area (TPSA) is 91.7 Å². The lowest BCUT2D eigenvalue weighted by molar-refractivity contribution is -0.146. The Balaban J connectivity index is 2.11. The number of piperazine rings is 1. The van der Waals surface area contributed by atoms with E-state index in [0.717, 1.165) is 6.07 Å². The summed E-state index contributed by atoms with van der Waals surface area (Å²) in [6.07, 6.45) is -4.76. The average molecular weight is 377 g/mol. The molecule has 1 aliphatic heterocycles. The third-order valence-corrected chi connectivity index (χ3v) is 3.85. The first-order valence-electron chi connectivity index (χ1n) is 7.70. The van der Waals surface area contributed by atoms with E-state index in [4.69, 9.17) is 0 Å². The number of rotatable bonds is 4. The van der Waals surface area contributed by atoms with Crippen LogP contribution in [0.3, 0.4) is 0 Å². The summed E-state index contributed by atoms with van der Waals surface area (Å²) in [5.41, 5.74) is -2.36. The Morgan fingerprint density at radius 1 is 1.31 bits per heavy atom. The number of anilines is 1. The summed E-state index contributed by atoms with van der Waals surface area (Å²) in [4.78, 5) is 27.2. The molecular weight excluding hydrogens is 362 g/mol. The number of alkyl halides is 4. The van der Waals surface area contributed by atoms with Gasteiger partial charge in [0.25, 0.3) is 5.56 Å². The molecule has 1 aliphatic rings. The molecule has 3 rings (SSSR count). The van der Waals surface area contributed by atoms with Gasteiger partial charge < -0.3 is 19.9 Å². The molecule has 0 atom stereocenters. The van der Waals surface area contributed by atoms with Crippen LogP contribution in [-0.4, -0.2) is 53.4 Å². The minimum absolute atomic E-state index is 0.0364. The molecule has 0 aromatic carbocycles. The number of H-pyrrole nitrogens is 1. The molecule has 0 amide bonds. The number of aromatic amines is 1. The van der Waals surface area contributed by atoms with Gasteiger partial charge in [0.05, 0.1) is 5.69 Å². The van der Waals surface area contributed by atoms with Crippen LogP contribution in [0.1, 0.15) is 11.4 Å².